The van der Waals surface area contributed by atoms with Crippen LogP contribution in [0.3, 0.4) is 0 Å². The normalized spacial score (nSPS) is 10.8. The van der Waals surface area contributed by atoms with Crippen molar-refractivity contribution >= 4 is 0 Å². The van der Waals surface area contributed by atoms with E-state index in [-0.39, 0.29) is 0 Å². The highest BCUT2D eigenvalue weighted by molar-refractivity contribution is 5.65. The van der Waals surface area contributed by atoms with Crippen LogP contribution in [0, 0.1) is 6.92 Å². The van der Waals surface area contributed by atoms with E-state index in [4.69, 9.17) is 5.73 Å². The molecule has 1 aromatic heterocycles. The van der Waals surface area contributed by atoms with Crippen molar-refractivity contribution in [2.75, 3.05) is 6.54 Å². The average molecular weight is 229 g/mol. The summed E-state index contributed by atoms with van der Waals surface area (Å²) < 4.78 is 1.95. The summed E-state index contributed by atoms with van der Waals surface area (Å²) in [6, 6.07) is 8.57. The third-order valence-electron chi connectivity index (χ3n) is 3.04. The molecule has 3 nitrogen and oxygen atoms in total. The van der Waals surface area contributed by atoms with E-state index >= 15 is 0 Å². The predicted molar refractivity (Wildman–Crippen MR) is 70.8 cm³/mol. The minimum absolute atomic E-state index is 0.721. The largest absolute Gasteiger partial charge is 0.330 e. The molecule has 2 N–H and O–H groups in total. The van der Waals surface area contributed by atoms with Crippen molar-refractivity contribution < 1.29 is 0 Å². The van der Waals surface area contributed by atoms with Crippen LogP contribution < -0.4 is 5.73 Å². The molecule has 90 valence electrons. The maximum Gasteiger partial charge on any atom is 0.0571 e. The molecule has 0 aliphatic rings. The van der Waals surface area contributed by atoms with Gasteiger partial charge in [-0.05, 0) is 31.9 Å². The molecule has 2 rings (SSSR count). The number of hydrogen-bond acceptors (Lipinski definition) is 2. The molecule has 0 saturated carbocycles. The zero-order chi connectivity index (χ0) is 12.3. The molecule has 0 amide bonds. The lowest BCUT2D eigenvalue weighted by molar-refractivity contribution is 0.687. The van der Waals surface area contributed by atoms with E-state index in [2.05, 4.69) is 36.3 Å². The van der Waals surface area contributed by atoms with E-state index in [1.807, 2.05) is 17.9 Å². The van der Waals surface area contributed by atoms with Crippen LogP contribution in [0.4, 0.5) is 0 Å². The molecule has 0 saturated heterocycles. The Kier molecular flexibility index (Phi) is 3.59. The number of hydrogen-bond donors (Lipinski definition) is 1. The first kappa shape index (κ1) is 11.9. The summed E-state index contributed by atoms with van der Waals surface area (Å²) in [6.45, 7) is 2.82. The highest BCUT2D eigenvalue weighted by Gasteiger charge is 2.09. The Morgan fingerprint density at radius 3 is 2.59 bits per heavy atom. The molecule has 0 bridgehead atoms. The number of aryl methyl sites for hydroxylation is 2. The Bertz CT molecular complexity index is 483. The van der Waals surface area contributed by atoms with Crippen molar-refractivity contribution in [1.82, 2.24) is 9.78 Å². The minimum Gasteiger partial charge on any atom is -0.330 e. The SMILES string of the molecule is Cc1ccc(-c2cnn(C)c2CCCN)cc1. The summed E-state index contributed by atoms with van der Waals surface area (Å²) in [5.41, 5.74) is 10.6. The first-order valence-electron chi connectivity index (χ1n) is 6.00. The molecule has 1 aromatic carbocycles. The van der Waals surface area contributed by atoms with Gasteiger partial charge in [-0.3, -0.25) is 4.68 Å². The number of benzene rings is 1. The van der Waals surface area contributed by atoms with Gasteiger partial charge in [0.1, 0.15) is 0 Å². The van der Waals surface area contributed by atoms with Crippen molar-refractivity contribution in [3.05, 3.63) is 41.7 Å². The minimum atomic E-state index is 0.721. The fourth-order valence-corrected chi connectivity index (χ4v) is 2.00. The molecule has 2 aromatic rings. The lowest BCUT2D eigenvalue weighted by Crippen LogP contribution is -2.05. The Labute approximate surface area is 102 Å². The molecule has 0 spiro atoms. The van der Waals surface area contributed by atoms with Crippen LogP contribution in [0.25, 0.3) is 11.1 Å². The van der Waals surface area contributed by atoms with Gasteiger partial charge in [0.2, 0.25) is 0 Å². The van der Waals surface area contributed by atoms with Gasteiger partial charge in [-0.2, -0.15) is 5.10 Å². The molecule has 0 unspecified atom stereocenters. The third-order valence-corrected chi connectivity index (χ3v) is 3.04. The molecular formula is C14H19N3. The van der Waals surface area contributed by atoms with Crippen LogP contribution in [0.5, 0.6) is 0 Å². The monoisotopic (exact) mass is 229 g/mol. The summed E-state index contributed by atoms with van der Waals surface area (Å²) in [6.07, 6.45) is 3.92. The molecule has 17 heavy (non-hydrogen) atoms. The van der Waals surface area contributed by atoms with E-state index in [1.54, 1.807) is 0 Å². The standard InChI is InChI=1S/C14H19N3/c1-11-5-7-12(8-6-11)13-10-16-17(2)14(13)4-3-9-15/h5-8,10H,3-4,9,15H2,1-2H3. The van der Waals surface area contributed by atoms with Crippen molar-refractivity contribution in [3.8, 4) is 11.1 Å². The predicted octanol–water partition coefficient (Wildman–Crippen LogP) is 2.29. The van der Waals surface area contributed by atoms with Gasteiger partial charge >= 0.3 is 0 Å². The van der Waals surface area contributed by atoms with Crippen molar-refractivity contribution in [3.63, 3.8) is 0 Å². The molecule has 1 heterocycles. The molecule has 0 aliphatic heterocycles. The van der Waals surface area contributed by atoms with Gasteiger partial charge < -0.3 is 5.73 Å². The lowest BCUT2D eigenvalue weighted by atomic mass is 10.0. The molecule has 0 atom stereocenters. The maximum atomic E-state index is 5.57. The van der Waals surface area contributed by atoms with E-state index < -0.39 is 0 Å². The molecule has 0 aliphatic carbocycles. The Morgan fingerprint density at radius 2 is 1.94 bits per heavy atom. The highest BCUT2D eigenvalue weighted by Crippen LogP contribution is 2.24. The zero-order valence-corrected chi connectivity index (χ0v) is 10.5. The Hall–Kier alpha value is -1.61. The van der Waals surface area contributed by atoms with Gasteiger partial charge in [-0.15, -0.1) is 0 Å². The van der Waals surface area contributed by atoms with Crippen LogP contribution >= 0.6 is 0 Å². The molecule has 0 fully saturated rings. The quantitative estimate of drug-likeness (QED) is 0.874. The maximum absolute atomic E-state index is 5.57. The van der Waals surface area contributed by atoms with Crippen molar-refractivity contribution in [1.29, 1.82) is 0 Å². The van der Waals surface area contributed by atoms with E-state index in [0.717, 1.165) is 19.4 Å². The highest BCUT2D eigenvalue weighted by atomic mass is 15.3. The zero-order valence-electron chi connectivity index (χ0n) is 10.5. The number of rotatable bonds is 4. The van der Waals surface area contributed by atoms with Crippen LogP contribution in [-0.4, -0.2) is 16.3 Å². The second kappa shape index (κ2) is 5.15. The summed E-state index contributed by atoms with van der Waals surface area (Å²) in [7, 11) is 1.99. The van der Waals surface area contributed by atoms with Crippen LogP contribution in [-0.2, 0) is 13.5 Å². The van der Waals surface area contributed by atoms with Gasteiger partial charge in [0.05, 0.1) is 6.20 Å². The second-order valence-corrected chi connectivity index (χ2v) is 4.39. The third kappa shape index (κ3) is 2.56. The average Bonchev–Trinajstić information content (AvgIpc) is 2.69. The van der Waals surface area contributed by atoms with Gasteiger partial charge in [0, 0.05) is 18.3 Å². The summed E-state index contributed by atoms with van der Waals surface area (Å²) in [5.74, 6) is 0. The second-order valence-electron chi connectivity index (χ2n) is 4.39. The lowest BCUT2D eigenvalue weighted by Gasteiger charge is -2.06. The summed E-state index contributed by atoms with van der Waals surface area (Å²) in [4.78, 5) is 0. The number of aromatic nitrogens is 2. The topological polar surface area (TPSA) is 43.8 Å². The van der Waals surface area contributed by atoms with Gasteiger partial charge in [-0.1, -0.05) is 29.8 Å². The molecular weight excluding hydrogens is 210 g/mol. The van der Waals surface area contributed by atoms with Crippen LogP contribution in [0.2, 0.25) is 0 Å². The van der Waals surface area contributed by atoms with Gasteiger partial charge in [0.25, 0.3) is 0 Å². The summed E-state index contributed by atoms with van der Waals surface area (Å²) in [5, 5.41) is 4.34. The fourth-order valence-electron chi connectivity index (χ4n) is 2.00. The smallest absolute Gasteiger partial charge is 0.0571 e. The van der Waals surface area contributed by atoms with Gasteiger partial charge in [-0.25, -0.2) is 0 Å². The van der Waals surface area contributed by atoms with E-state index in [9.17, 15) is 0 Å². The first-order chi connectivity index (χ1) is 8.22. The molecule has 3 heteroatoms. The Balaban J connectivity index is 2.34. The van der Waals surface area contributed by atoms with Crippen molar-refractivity contribution in [2.24, 2.45) is 12.8 Å². The van der Waals surface area contributed by atoms with E-state index in [1.165, 1.54) is 22.4 Å². The number of nitrogens with zero attached hydrogens (tertiary/aromatic N) is 2. The van der Waals surface area contributed by atoms with Crippen LogP contribution in [0.15, 0.2) is 30.5 Å². The van der Waals surface area contributed by atoms with Crippen molar-refractivity contribution in [2.45, 2.75) is 19.8 Å². The van der Waals surface area contributed by atoms with Crippen LogP contribution in [0.1, 0.15) is 17.7 Å². The molecule has 0 radical (unpaired) electrons. The fraction of sp³-hybridized carbons (Fsp3) is 0.357. The first-order valence-corrected chi connectivity index (χ1v) is 6.00. The van der Waals surface area contributed by atoms with E-state index in [0.29, 0.717) is 0 Å². The Morgan fingerprint density at radius 1 is 1.24 bits per heavy atom. The number of nitrogens with two attached hydrogens (primary N) is 1. The van der Waals surface area contributed by atoms with Gasteiger partial charge in [0.15, 0.2) is 0 Å². The summed E-state index contributed by atoms with van der Waals surface area (Å²) >= 11 is 0.